The van der Waals surface area contributed by atoms with Crippen LogP contribution in [0.4, 0.5) is 0 Å². The zero-order valence-electron chi connectivity index (χ0n) is 13.4. The van der Waals surface area contributed by atoms with Gasteiger partial charge in [0.15, 0.2) is 0 Å². The molecule has 122 valence electrons. The molecule has 0 radical (unpaired) electrons. The van der Waals surface area contributed by atoms with Crippen LogP contribution in [0.3, 0.4) is 0 Å². The zero-order chi connectivity index (χ0) is 15.6. The smallest absolute Gasteiger partial charge is 0.272 e. The molecule has 0 N–H and O–H groups in total. The lowest BCUT2D eigenvalue weighted by atomic mass is 9.85. The van der Waals surface area contributed by atoms with E-state index >= 15 is 0 Å². The second kappa shape index (κ2) is 6.32. The molecule has 2 fully saturated rings. The first kappa shape index (κ1) is 14.7. The summed E-state index contributed by atoms with van der Waals surface area (Å²) >= 11 is 0. The van der Waals surface area contributed by atoms with Crippen molar-refractivity contribution in [2.24, 2.45) is 5.92 Å². The molecule has 2 aromatic rings. The normalized spacial score (nSPS) is 21.5. The number of imidazole rings is 1. The second-order valence-corrected chi connectivity index (χ2v) is 6.71. The van der Waals surface area contributed by atoms with Crippen molar-refractivity contribution in [2.45, 2.75) is 38.2 Å². The first-order valence-corrected chi connectivity index (χ1v) is 8.64. The fourth-order valence-electron chi connectivity index (χ4n) is 3.51. The predicted molar refractivity (Wildman–Crippen MR) is 87.4 cm³/mol. The minimum atomic E-state index is 0.0751. The Balaban J connectivity index is 1.57. The van der Waals surface area contributed by atoms with Crippen LogP contribution in [0.1, 0.15) is 42.6 Å². The van der Waals surface area contributed by atoms with Crippen molar-refractivity contribution in [2.75, 3.05) is 19.7 Å². The molecule has 1 aliphatic heterocycles. The average Bonchev–Trinajstić information content (AvgIpc) is 3.18. The molecule has 1 atom stereocenters. The van der Waals surface area contributed by atoms with E-state index in [2.05, 4.69) is 4.98 Å². The lowest BCUT2D eigenvalue weighted by Gasteiger charge is -2.33. The molecule has 2 aliphatic rings. The summed E-state index contributed by atoms with van der Waals surface area (Å²) in [5, 5.41) is 0. The molecular weight excluding hydrogens is 290 g/mol. The third-order valence-corrected chi connectivity index (χ3v) is 5.07. The molecule has 1 saturated heterocycles. The number of carbonyl (C=O) groups is 1. The van der Waals surface area contributed by atoms with Gasteiger partial charge in [0.2, 0.25) is 0 Å². The Bertz CT molecular complexity index is 686. The Kier molecular flexibility index (Phi) is 4.04. The molecule has 5 heteroatoms. The maximum absolute atomic E-state index is 13.1. The highest BCUT2D eigenvalue weighted by Crippen LogP contribution is 2.28. The minimum absolute atomic E-state index is 0.0751. The fraction of sp³-hybridized carbons (Fsp3) is 0.556. The molecule has 4 rings (SSSR count). The molecule has 1 saturated carbocycles. The summed E-state index contributed by atoms with van der Waals surface area (Å²) < 4.78 is 7.64. The van der Waals surface area contributed by atoms with E-state index in [1.807, 2.05) is 33.7 Å². The Hall–Kier alpha value is -1.88. The number of carbonyl (C=O) groups excluding carboxylic acids is 1. The van der Waals surface area contributed by atoms with E-state index in [9.17, 15) is 4.79 Å². The molecule has 5 nitrogen and oxygen atoms in total. The third-order valence-electron chi connectivity index (χ3n) is 5.07. The zero-order valence-corrected chi connectivity index (χ0v) is 13.4. The Labute approximate surface area is 136 Å². The summed E-state index contributed by atoms with van der Waals surface area (Å²) in [4.78, 5) is 19.4. The van der Waals surface area contributed by atoms with Crippen LogP contribution in [0.25, 0.3) is 5.65 Å². The van der Waals surface area contributed by atoms with Crippen molar-refractivity contribution in [3.63, 3.8) is 0 Å². The van der Waals surface area contributed by atoms with Gasteiger partial charge in [0.25, 0.3) is 5.91 Å². The molecule has 2 aromatic heterocycles. The SMILES string of the molecule is O=C(c1cnc2ccccn12)N(CC1CCC1)CC1CCCO1. The van der Waals surface area contributed by atoms with Gasteiger partial charge in [0.05, 0.1) is 12.3 Å². The van der Waals surface area contributed by atoms with Gasteiger partial charge in [0, 0.05) is 25.9 Å². The maximum atomic E-state index is 13.1. The van der Waals surface area contributed by atoms with Gasteiger partial charge in [-0.1, -0.05) is 12.5 Å². The summed E-state index contributed by atoms with van der Waals surface area (Å²) in [6, 6.07) is 5.80. The van der Waals surface area contributed by atoms with Crippen LogP contribution in [0.5, 0.6) is 0 Å². The number of nitrogens with zero attached hydrogens (tertiary/aromatic N) is 3. The van der Waals surface area contributed by atoms with Crippen molar-refractivity contribution in [1.29, 1.82) is 0 Å². The molecule has 0 bridgehead atoms. The van der Waals surface area contributed by atoms with Gasteiger partial charge < -0.3 is 9.64 Å². The summed E-state index contributed by atoms with van der Waals surface area (Å²) in [7, 11) is 0. The maximum Gasteiger partial charge on any atom is 0.272 e. The number of fused-ring (bicyclic) bond motifs is 1. The van der Waals surface area contributed by atoms with Crippen molar-refractivity contribution >= 4 is 11.6 Å². The van der Waals surface area contributed by atoms with Crippen LogP contribution < -0.4 is 0 Å². The van der Waals surface area contributed by atoms with Gasteiger partial charge in [-0.15, -0.1) is 0 Å². The van der Waals surface area contributed by atoms with E-state index in [0.29, 0.717) is 18.2 Å². The molecule has 3 heterocycles. The Morgan fingerprint density at radius 2 is 2.17 bits per heavy atom. The first-order valence-electron chi connectivity index (χ1n) is 8.64. The molecular formula is C18H23N3O2. The van der Waals surface area contributed by atoms with Gasteiger partial charge in [-0.3, -0.25) is 9.20 Å². The number of amides is 1. The van der Waals surface area contributed by atoms with E-state index in [-0.39, 0.29) is 12.0 Å². The highest BCUT2D eigenvalue weighted by molar-refractivity contribution is 5.93. The van der Waals surface area contributed by atoms with Gasteiger partial charge in [-0.2, -0.15) is 0 Å². The molecule has 23 heavy (non-hydrogen) atoms. The topological polar surface area (TPSA) is 46.8 Å². The van der Waals surface area contributed by atoms with E-state index in [1.165, 1.54) is 19.3 Å². The fourth-order valence-corrected chi connectivity index (χ4v) is 3.51. The van der Waals surface area contributed by atoms with Crippen molar-refractivity contribution in [3.05, 3.63) is 36.3 Å². The quantitative estimate of drug-likeness (QED) is 0.853. The molecule has 1 amide bonds. The van der Waals surface area contributed by atoms with Crippen LogP contribution in [-0.2, 0) is 4.74 Å². The molecule has 0 spiro atoms. The second-order valence-electron chi connectivity index (χ2n) is 6.71. The first-order chi connectivity index (χ1) is 11.3. The van der Waals surface area contributed by atoms with Gasteiger partial charge >= 0.3 is 0 Å². The van der Waals surface area contributed by atoms with Crippen LogP contribution in [-0.4, -0.2) is 46.0 Å². The third kappa shape index (κ3) is 2.98. The van der Waals surface area contributed by atoms with Crippen molar-refractivity contribution in [3.8, 4) is 0 Å². The number of ether oxygens (including phenoxy) is 1. The summed E-state index contributed by atoms with van der Waals surface area (Å²) in [6.07, 6.45) is 9.73. The highest BCUT2D eigenvalue weighted by atomic mass is 16.5. The van der Waals surface area contributed by atoms with Gasteiger partial charge in [-0.25, -0.2) is 4.98 Å². The number of rotatable bonds is 5. The number of hydrogen-bond acceptors (Lipinski definition) is 3. The largest absolute Gasteiger partial charge is 0.376 e. The van der Waals surface area contributed by atoms with Crippen LogP contribution in [0.2, 0.25) is 0 Å². The standard InChI is InChI=1S/C18H23N3O2/c22-18(16-11-19-17-8-1-2-9-21(16)17)20(12-14-5-3-6-14)13-15-7-4-10-23-15/h1-2,8-9,11,14-15H,3-7,10,12-13H2. The Morgan fingerprint density at radius 3 is 2.91 bits per heavy atom. The highest BCUT2D eigenvalue weighted by Gasteiger charge is 2.29. The number of pyridine rings is 1. The summed E-state index contributed by atoms with van der Waals surface area (Å²) in [5.74, 6) is 0.727. The van der Waals surface area contributed by atoms with Gasteiger partial charge in [0.1, 0.15) is 11.3 Å². The number of aromatic nitrogens is 2. The lowest BCUT2D eigenvalue weighted by molar-refractivity contribution is 0.0443. The van der Waals surface area contributed by atoms with E-state index in [0.717, 1.165) is 31.6 Å². The Morgan fingerprint density at radius 1 is 1.26 bits per heavy atom. The average molecular weight is 313 g/mol. The summed E-state index contributed by atoms with van der Waals surface area (Å²) in [6.45, 7) is 2.37. The number of hydrogen-bond donors (Lipinski definition) is 0. The van der Waals surface area contributed by atoms with E-state index in [1.54, 1.807) is 6.20 Å². The molecule has 1 aliphatic carbocycles. The lowest BCUT2D eigenvalue weighted by Crippen LogP contribution is -2.42. The van der Waals surface area contributed by atoms with Crippen molar-refractivity contribution in [1.82, 2.24) is 14.3 Å². The van der Waals surface area contributed by atoms with Crippen LogP contribution in [0, 0.1) is 5.92 Å². The molecule has 0 aromatic carbocycles. The van der Waals surface area contributed by atoms with E-state index < -0.39 is 0 Å². The molecule has 1 unspecified atom stereocenters. The monoisotopic (exact) mass is 313 g/mol. The predicted octanol–water partition coefficient (Wildman–Crippen LogP) is 2.76. The van der Waals surface area contributed by atoms with E-state index in [4.69, 9.17) is 4.74 Å². The summed E-state index contributed by atoms with van der Waals surface area (Å²) in [5.41, 5.74) is 1.47. The minimum Gasteiger partial charge on any atom is -0.376 e. The van der Waals surface area contributed by atoms with Gasteiger partial charge in [-0.05, 0) is 43.7 Å². The van der Waals surface area contributed by atoms with Crippen LogP contribution in [0.15, 0.2) is 30.6 Å². The van der Waals surface area contributed by atoms with Crippen LogP contribution >= 0.6 is 0 Å². The van der Waals surface area contributed by atoms with Crippen molar-refractivity contribution < 1.29 is 9.53 Å².